The number of methoxy groups -OCH3 is 2. The van der Waals surface area contributed by atoms with Crippen molar-refractivity contribution in [1.29, 1.82) is 0 Å². The largest absolute Gasteiger partial charge is 0.497 e. The van der Waals surface area contributed by atoms with Crippen LogP contribution in [0, 0.1) is 0 Å². The number of pyridine rings is 1. The quantitative estimate of drug-likeness (QED) is 0.523. The fourth-order valence-electron chi connectivity index (χ4n) is 3.09. The maximum Gasteiger partial charge on any atom is 0.278 e. The van der Waals surface area contributed by atoms with Gasteiger partial charge in [-0.3, -0.25) is 14.3 Å². The van der Waals surface area contributed by atoms with Crippen molar-refractivity contribution in [2.45, 2.75) is 13.5 Å². The summed E-state index contributed by atoms with van der Waals surface area (Å²) >= 11 is 0. The Bertz CT molecular complexity index is 1230. The molecule has 9 nitrogen and oxygen atoms in total. The van der Waals surface area contributed by atoms with Gasteiger partial charge in [-0.05, 0) is 31.2 Å². The van der Waals surface area contributed by atoms with E-state index in [-0.39, 0.29) is 11.3 Å². The number of nitrogens with zero attached hydrogens (tertiary/aromatic N) is 5. The van der Waals surface area contributed by atoms with Crippen molar-refractivity contribution in [3.63, 3.8) is 0 Å². The number of aromatic nitrogens is 5. The third kappa shape index (κ3) is 3.64. The number of nitrogens with one attached hydrogen (secondary N) is 1. The van der Waals surface area contributed by atoms with Crippen LogP contribution in [-0.4, -0.2) is 38.7 Å². The van der Waals surface area contributed by atoms with Crippen molar-refractivity contribution in [3.8, 4) is 22.8 Å². The van der Waals surface area contributed by atoms with E-state index < -0.39 is 0 Å². The predicted octanol–water partition coefficient (Wildman–Crippen LogP) is 3.03. The Morgan fingerprint density at radius 1 is 1.03 bits per heavy atom. The van der Waals surface area contributed by atoms with Crippen LogP contribution in [0.3, 0.4) is 0 Å². The molecule has 0 spiro atoms. The highest BCUT2D eigenvalue weighted by Gasteiger charge is 2.16. The van der Waals surface area contributed by atoms with Gasteiger partial charge in [0.1, 0.15) is 22.7 Å². The molecule has 152 valence electrons. The highest BCUT2D eigenvalue weighted by atomic mass is 16.5. The van der Waals surface area contributed by atoms with Crippen LogP contribution < -0.4 is 20.3 Å². The zero-order valence-corrected chi connectivity index (χ0v) is 16.8. The van der Waals surface area contributed by atoms with E-state index in [0.717, 1.165) is 5.69 Å². The number of fused-ring (bicyclic) bond motifs is 1. The minimum atomic E-state index is -0.256. The summed E-state index contributed by atoms with van der Waals surface area (Å²) in [5, 5.41) is 3.10. The number of benzene rings is 1. The van der Waals surface area contributed by atoms with Gasteiger partial charge in [0.05, 0.1) is 20.4 Å². The first-order valence-corrected chi connectivity index (χ1v) is 9.31. The second kappa shape index (κ2) is 8.16. The molecule has 0 unspecified atom stereocenters. The summed E-state index contributed by atoms with van der Waals surface area (Å²) in [6, 6.07) is 8.84. The molecule has 4 rings (SSSR count). The minimum Gasteiger partial charge on any atom is -0.497 e. The molecule has 0 aliphatic heterocycles. The van der Waals surface area contributed by atoms with Crippen LogP contribution in [0.5, 0.6) is 11.5 Å². The molecule has 0 bridgehead atoms. The molecular formula is C21H20N6O3. The van der Waals surface area contributed by atoms with E-state index in [0.29, 0.717) is 40.7 Å². The molecule has 3 aromatic heterocycles. The van der Waals surface area contributed by atoms with Gasteiger partial charge < -0.3 is 14.8 Å². The third-order valence-electron chi connectivity index (χ3n) is 4.56. The Balaban J connectivity index is 1.85. The molecule has 0 saturated heterocycles. The average Bonchev–Trinajstić information content (AvgIpc) is 2.79. The molecule has 30 heavy (non-hydrogen) atoms. The van der Waals surface area contributed by atoms with Gasteiger partial charge in [-0.15, -0.1) is 0 Å². The topological polar surface area (TPSA) is 104 Å². The number of hydrogen-bond acceptors (Lipinski definition) is 8. The number of hydrogen-bond donors (Lipinski definition) is 1. The first kappa shape index (κ1) is 19.3. The lowest BCUT2D eigenvalue weighted by Gasteiger charge is -2.12. The van der Waals surface area contributed by atoms with Crippen molar-refractivity contribution < 1.29 is 9.47 Å². The molecule has 0 aliphatic rings. The first-order chi connectivity index (χ1) is 14.6. The number of rotatable bonds is 6. The van der Waals surface area contributed by atoms with Gasteiger partial charge >= 0.3 is 0 Å². The molecule has 3 heterocycles. The van der Waals surface area contributed by atoms with E-state index in [4.69, 9.17) is 9.47 Å². The van der Waals surface area contributed by atoms with Gasteiger partial charge in [0, 0.05) is 36.3 Å². The highest BCUT2D eigenvalue weighted by Crippen LogP contribution is 2.28. The fourth-order valence-corrected chi connectivity index (χ4v) is 3.09. The molecule has 0 fully saturated rings. The molecule has 0 atom stereocenters. The molecule has 1 aromatic carbocycles. The Morgan fingerprint density at radius 2 is 1.73 bits per heavy atom. The lowest BCUT2D eigenvalue weighted by Crippen LogP contribution is -2.24. The van der Waals surface area contributed by atoms with Crippen LogP contribution >= 0.6 is 0 Å². The smallest absolute Gasteiger partial charge is 0.278 e. The van der Waals surface area contributed by atoms with Gasteiger partial charge in [0.2, 0.25) is 5.95 Å². The molecule has 0 amide bonds. The molecule has 9 heteroatoms. The van der Waals surface area contributed by atoms with E-state index in [9.17, 15) is 4.79 Å². The lowest BCUT2D eigenvalue weighted by atomic mass is 10.1. The SMILES string of the molecule is CCn1c(=O)c(-c2cc(OC)cc(OC)c2)nc2cnc(Nc3ccncc3)nc21. The zero-order chi connectivity index (χ0) is 21.1. The van der Waals surface area contributed by atoms with Crippen molar-refractivity contribution in [2.75, 3.05) is 19.5 Å². The van der Waals surface area contributed by atoms with Gasteiger partial charge in [-0.25, -0.2) is 9.97 Å². The van der Waals surface area contributed by atoms with Crippen LogP contribution in [0.1, 0.15) is 6.92 Å². The van der Waals surface area contributed by atoms with Crippen molar-refractivity contribution >= 4 is 22.8 Å². The monoisotopic (exact) mass is 404 g/mol. The molecule has 0 aliphatic carbocycles. The van der Waals surface area contributed by atoms with Crippen LogP contribution in [-0.2, 0) is 6.54 Å². The second-order valence-corrected chi connectivity index (χ2v) is 6.37. The van der Waals surface area contributed by atoms with E-state index >= 15 is 0 Å². The predicted molar refractivity (Wildman–Crippen MR) is 113 cm³/mol. The maximum absolute atomic E-state index is 13.2. The Labute approximate surface area is 172 Å². The maximum atomic E-state index is 13.2. The van der Waals surface area contributed by atoms with Gasteiger partial charge in [0.15, 0.2) is 5.65 Å². The summed E-state index contributed by atoms with van der Waals surface area (Å²) in [6.07, 6.45) is 4.93. The summed E-state index contributed by atoms with van der Waals surface area (Å²) in [5.74, 6) is 1.51. The summed E-state index contributed by atoms with van der Waals surface area (Å²) in [7, 11) is 3.11. The number of aryl methyl sites for hydroxylation is 1. The zero-order valence-electron chi connectivity index (χ0n) is 16.8. The summed E-state index contributed by atoms with van der Waals surface area (Å²) in [5.41, 5.74) is 2.37. The van der Waals surface area contributed by atoms with Crippen molar-refractivity contribution in [2.24, 2.45) is 0 Å². The van der Waals surface area contributed by atoms with Crippen molar-refractivity contribution in [1.82, 2.24) is 24.5 Å². The second-order valence-electron chi connectivity index (χ2n) is 6.37. The fraction of sp³-hybridized carbons (Fsp3) is 0.190. The average molecular weight is 404 g/mol. The number of anilines is 2. The van der Waals surface area contributed by atoms with E-state index in [2.05, 4.69) is 25.3 Å². The standard InChI is InChI=1S/C21H20N6O3/c1-4-27-19-17(12-23-21(26-19)24-14-5-7-22-8-6-14)25-18(20(27)28)13-9-15(29-2)11-16(10-13)30-3/h5-12H,4H2,1-3H3,(H,22,23,24,26). The highest BCUT2D eigenvalue weighted by molar-refractivity contribution is 5.76. The Morgan fingerprint density at radius 3 is 2.37 bits per heavy atom. The van der Waals surface area contributed by atoms with Gasteiger partial charge in [-0.2, -0.15) is 4.98 Å². The van der Waals surface area contributed by atoms with Crippen LogP contribution in [0.4, 0.5) is 11.6 Å². The minimum absolute atomic E-state index is 0.256. The van der Waals surface area contributed by atoms with Crippen LogP contribution in [0.25, 0.3) is 22.4 Å². The van der Waals surface area contributed by atoms with E-state index in [1.165, 1.54) is 0 Å². The number of ether oxygens (including phenoxy) is 2. The molecule has 1 N–H and O–H groups in total. The molecule has 0 saturated carbocycles. The molecule has 0 radical (unpaired) electrons. The summed E-state index contributed by atoms with van der Waals surface area (Å²) < 4.78 is 12.2. The van der Waals surface area contributed by atoms with Gasteiger partial charge in [-0.1, -0.05) is 0 Å². The molecule has 4 aromatic rings. The summed E-state index contributed by atoms with van der Waals surface area (Å²) in [4.78, 5) is 30.6. The van der Waals surface area contributed by atoms with Gasteiger partial charge in [0.25, 0.3) is 5.56 Å². The first-order valence-electron chi connectivity index (χ1n) is 9.31. The van der Waals surface area contributed by atoms with Crippen LogP contribution in [0.15, 0.2) is 53.7 Å². The lowest BCUT2D eigenvalue weighted by molar-refractivity contribution is 0.394. The normalized spacial score (nSPS) is 10.8. The van der Waals surface area contributed by atoms with Crippen LogP contribution in [0.2, 0.25) is 0 Å². The molecular weight excluding hydrogens is 384 g/mol. The summed E-state index contributed by atoms with van der Waals surface area (Å²) in [6.45, 7) is 2.31. The third-order valence-corrected chi connectivity index (χ3v) is 4.56. The Kier molecular flexibility index (Phi) is 5.25. The Hall–Kier alpha value is -4.01. The van der Waals surface area contributed by atoms with E-state index in [1.807, 2.05) is 6.92 Å². The van der Waals surface area contributed by atoms with Crippen molar-refractivity contribution in [3.05, 3.63) is 59.3 Å². The van der Waals surface area contributed by atoms with E-state index in [1.54, 1.807) is 67.7 Å².